The Kier molecular flexibility index (Phi) is 8.76. The number of nitriles is 1. The number of carbonyl (C=O) groups excluding carboxylic acids is 3. The standard InChI is InChI=1S/C34H37FN5O7PS/c1-47-23-13-21(16-37-17-23)24-18-39(34(10-11-34)25(24)15-36)33(43)27-8-7-22-4-2-3-5-26(32(42)40(22)27)38-31(41)29-14-20-12-19(6-9-28(20)49-29)30(35)48(44,45)46/h6,9,12-14,16-17,22,24-27,30H,2-5,7-8,10-11,18H2,1H3,(H,38,41)(H2,44,45,46)/t22-,24-,25-,26-,27-,30+/m0/s1. The molecule has 7 rings (SSSR count). The highest BCUT2D eigenvalue weighted by molar-refractivity contribution is 7.51. The van der Waals surface area contributed by atoms with E-state index < -0.39 is 43.0 Å². The van der Waals surface area contributed by atoms with Gasteiger partial charge in [0.1, 0.15) is 17.8 Å². The normalized spacial score (nSPS) is 26.9. The number of hydrogen-bond acceptors (Lipinski definition) is 8. The molecule has 258 valence electrons. The Labute approximate surface area is 286 Å². The molecule has 1 spiro atoms. The van der Waals surface area contributed by atoms with Gasteiger partial charge in [0.15, 0.2) is 0 Å². The topological polar surface area (TPSA) is 173 Å². The summed E-state index contributed by atoms with van der Waals surface area (Å²) in [5.41, 5.74) is 0.0757. The van der Waals surface area contributed by atoms with Gasteiger partial charge in [0.2, 0.25) is 17.7 Å². The van der Waals surface area contributed by atoms with Crippen molar-refractivity contribution in [2.75, 3.05) is 13.7 Å². The molecule has 12 nitrogen and oxygen atoms in total. The van der Waals surface area contributed by atoms with Crippen LogP contribution in [0.25, 0.3) is 10.1 Å². The van der Waals surface area contributed by atoms with E-state index in [0.29, 0.717) is 41.6 Å². The predicted molar refractivity (Wildman–Crippen MR) is 177 cm³/mol. The number of benzene rings is 1. The third kappa shape index (κ3) is 6.01. The highest BCUT2D eigenvalue weighted by atomic mass is 32.1. The van der Waals surface area contributed by atoms with Crippen molar-refractivity contribution < 1.29 is 37.9 Å². The second-order valence-electron chi connectivity index (χ2n) is 13.6. The zero-order valence-electron chi connectivity index (χ0n) is 26.8. The maximum Gasteiger partial charge on any atom is 0.363 e. The molecule has 1 aliphatic carbocycles. The summed E-state index contributed by atoms with van der Waals surface area (Å²) in [6.45, 7) is 0.347. The Bertz CT molecular complexity index is 1910. The minimum absolute atomic E-state index is 0.130. The molecular formula is C34H37FN5O7PS. The van der Waals surface area contributed by atoms with E-state index >= 15 is 0 Å². The van der Waals surface area contributed by atoms with Crippen LogP contribution in [-0.2, 0) is 14.2 Å². The van der Waals surface area contributed by atoms with Crippen LogP contribution in [0.3, 0.4) is 0 Å². The van der Waals surface area contributed by atoms with E-state index in [9.17, 15) is 38.4 Å². The fraction of sp³-hybridized carbons (Fsp3) is 0.500. The van der Waals surface area contributed by atoms with Gasteiger partial charge in [-0.15, -0.1) is 11.3 Å². The zero-order chi connectivity index (χ0) is 34.7. The molecule has 3 N–H and O–H groups in total. The van der Waals surface area contributed by atoms with E-state index in [1.54, 1.807) is 24.4 Å². The van der Waals surface area contributed by atoms with Gasteiger partial charge in [0.25, 0.3) is 5.91 Å². The first-order chi connectivity index (χ1) is 23.4. The summed E-state index contributed by atoms with van der Waals surface area (Å²) < 4.78 is 31.8. The number of nitrogens with zero attached hydrogens (tertiary/aromatic N) is 4. The lowest BCUT2D eigenvalue weighted by atomic mass is 9.85. The average Bonchev–Trinajstić information content (AvgIpc) is 3.43. The lowest BCUT2D eigenvalue weighted by Gasteiger charge is -2.37. The van der Waals surface area contributed by atoms with Gasteiger partial charge < -0.3 is 29.6 Å². The van der Waals surface area contributed by atoms with Gasteiger partial charge in [-0.2, -0.15) is 5.26 Å². The molecular weight excluding hydrogens is 672 g/mol. The van der Waals surface area contributed by atoms with Crippen LogP contribution in [0.5, 0.6) is 5.75 Å². The SMILES string of the molecule is COc1cncc([C@@H]2CN(C(=O)[C@@H]3CC[C@@H]4CCCC[C@H](NC(=O)c5cc6cc([C@H](F)P(=O)(O)O)ccc6s5)C(=O)N43)C3(CC3)[C@H]2C#N)c1. The number of fused-ring (bicyclic) bond motifs is 2. The average molecular weight is 710 g/mol. The number of pyridine rings is 1. The largest absolute Gasteiger partial charge is 0.495 e. The molecule has 3 saturated heterocycles. The van der Waals surface area contributed by atoms with Gasteiger partial charge in [-0.3, -0.25) is 23.9 Å². The number of alkyl halides is 1. The number of likely N-dealkylation sites (tertiary alicyclic amines) is 1. The van der Waals surface area contributed by atoms with E-state index in [1.165, 1.54) is 24.3 Å². The predicted octanol–water partition coefficient (Wildman–Crippen LogP) is 4.78. The van der Waals surface area contributed by atoms with Crippen LogP contribution in [0, 0.1) is 17.2 Å². The van der Waals surface area contributed by atoms with E-state index in [0.717, 1.165) is 49.0 Å². The maximum absolute atomic E-state index is 14.5. The first-order valence-corrected chi connectivity index (χ1v) is 19.0. The Morgan fingerprint density at radius 1 is 1.16 bits per heavy atom. The smallest absolute Gasteiger partial charge is 0.363 e. The van der Waals surface area contributed by atoms with Crippen molar-refractivity contribution in [3.63, 3.8) is 0 Å². The summed E-state index contributed by atoms with van der Waals surface area (Å²) in [6.07, 6.45) is 8.68. The molecule has 3 aromatic rings. The molecule has 15 heteroatoms. The van der Waals surface area contributed by atoms with Gasteiger partial charge in [0.05, 0.1) is 35.7 Å². The van der Waals surface area contributed by atoms with Crippen molar-refractivity contribution in [2.24, 2.45) is 5.92 Å². The van der Waals surface area contributed by atoms with Crippen LogP contribution in [-0.4, -0.2) is 79.6 Å². The number of halogens is 1. The number of amides is 3. The Morgan fingerprint density at radius 2 is 1.94 bits per heavy atom. The van der Waals surface area contributed by atoms with Gasteiger partial charge in [-0.25, -0.2) is 4.39 Å². The molecule has 4 aliphatic rings. The number of hydrogen-bond donors (Lipinski definition) is 3. The highest BCUT2D eigenvalue weighted by Crippen LogP contribution is 2.58. The number of rotatable bonds is 7. The van der Waals surface area contributed by atoms with Crippen molar-refractivity contribution in [2.45, 2.75) is 86.9 Å². The maximum atomic E-state index is 14.5. The second-order valence-corrected chi connectivity index (χ2v) is 16.3. The third-order valence-corrected chi connectivity index (χ3v) is 12.7. The summed E-state index contributed by atoms with van der Waals surface area (Å²) in [6, 6.07) is 8.30. The minimum atomic E-state index is -5.00. The van der Waals surface area contributed by atoms with Crippen LogP contribution >= 0.6 is 18.9 Å². The van der Waals surface area contributed by atoms with Crippen LogP contribution in [0.4, 0.5) is 4.39 Å². The number of aromatic nitrogens is 1. The fourth-order valence-electron chi connectivity index (χ4n) is 8.14. The lowest BCUT2D eigenvalue weighted by molar-refractivity contribution is -0.148. The molecule has 3 amide bonds. The highest BCUT2D eigenvalue weighted by Gasteiger charge is 2.64. The molecule has 1 aromatic carbocycles. The number of ether oxygens (including phenoxy) is 1. The van der Waals surface area contributed by atoms with Gasteiger partial charge >= 0.3 is 7.60 Å². The van der Waals surface area contributed by atoms with E-state index in [4.69, 9.17) is 4.74 Å². The minimum Gasteiger partial charge on any atom is -0.495 e. The molecule has 0 unspecified atom stereocenters. The van der Waals surface area contributed by atoms with Crippen molar-refractivity contribution in [3.05, 3.63) is 58.7 Å². The zero-order valence-corrected chi connectivity index (χ0v) is 28.5. The van der Waals surface area contributed by atoms with Crippen LogP contribution < -0.4 is 10.1 Å². The molecule has 2 aromatic heterocycles. The first kappa shape index (κ1) is 33.6. The van der Waals surface area contributed by atoms with E-state index in [1.807, 2.05) is 11.0 Å². The summed E-state index contributed by atoms with van der Waals surface area (Å²) in [7, 11) is -3.44. The van der Waals surface area contributed by atoms with Gasteiger partial charge in [-0.05, 0) is 79.3 Å². The van der Waals surface area contributed by atoms with Crippen LogP contribution in [0.2, 0.25) is 0 Å². The summed E-state index contributed by atoms with van der Waals surface area (Å²) >= 11 is 1.13. The van der Waals surface area contributed by atoms with Gasteiger partial charge in [-0.1, -0.05) is 18.9 Å². The fourth-order valence-corrected chi connectivity index (χ4v) is 9.63. The monoisotopic (exact) mass is 709 g/mol. The van der Waals surface area contributed by atoms with Gasteiger partial charge in [0, 0.05) is 29.4 Å². The summed E-state index contributed by atoms with van der Waals surface area (Å²) in [5.74, 6) is -3.49. The third-order valence-electron chi connectivity index (χ3n) is 10.7. The number of nitrogens with one attached hydrogen (secondary N) is 1. The van der Waals surface area contributed by atoms with E-state index in [2.05, 4.69) is 16.4 Å². The molecule has 4 fully saturated rings. The summed E-state index contributed by atoms with van der Waals surface area (Å²) in [4.78, 5) is 68.9. The van der Waals surface area contributed by atoms with Crippen molar-refractivity contribution in [1.29, 1.82) is 5.26 Å². The van der Waals surface area contributed by atoms with Crippen molar-refractivity contribution in [3.8, 4) is 11.8 Å². The lowest BCUT2D eigenvalue weighted by Crippen LogP contribution is -2.57. The Morgan fingerprint density at radius 3 is 2.65 bits per heavy atom. The molecule has 3 aliphatic heterocycles. The quantitative estimate of drug-likeness (QED) is 0.292. The first-order valence-electron chi connectivity index (χ1n) is 16.5. The van der Waals surface area contributed by atoms with Crippen LogP contribution in [0.1, 0.15) is 84.0 Å². The second kappa shape index (κ2) is 12.8. The number of carbonyl (C=O) groups is 3. The summed E-state index contributed by atoms with van der Waals surface area (Å²) in [5, 5.41) is 13.7. The van der Waals surface area contributed by atoms with Crippen LogP contribution in [0.15, 0.2) is 42.7 Å². The molecule has 0 bridgehead atoms. The van der Waals surface area contributed by atoms with Crippen molar-refractivity contribution >= 4 is 46.7 Å². The molecule has 6 atom stereocenters. The van der Waals surface area contributed by atoms with Crippen molar-refractivity contribution in [1.82, 2.24) is 20.1 Å². The number of thiophene rings is 1. The number of methoxy groups -OCH3 is 1. The molecule has 1 saturated carbocycles. The Hall–Kier alpha value is -3.89. The van der Waals surface area contributed by atoms with E-state index in [-0.39, 0.29) is 34.2 Å². The molecule has 0 radical (unpaired) electrons. The molecule has 5 heterocycles. The Balaban J connectivity index is 1.11. The molecule has 49 heavy (non-hydrogen) atoms.